The van der Waals surface area contributed by atoms with Gasteiger partial charge in [0.1, 0.15) is 5.82 Å². The molecule has 0 atom stereocenters. The highest BCUT2D eigenvalue weighted by atomic mass is 35.5. The van der Waals surface area contributed by atoms with Crippen LogP contribution in [0.3, 0.4) is 0 Å². The first-order valence-electron chi connectivity index (χ1n) is 7.95. The van der Waals surface area contributed by atoms with E-state index in [1.54, 1.807) is 26.0 Å². The Morgan fingerprint density at radius 2 is 1.92 bits per heavy atom. The number of nitrogens with zero attached hydrogens (tertiary/aromatic N) is 1. The van der Waals surface area contributed by atoms with E-state index in [-0.39, 0.29) is 16.6 Å². The van der Waals surface area contributed by atoms with Gasteiger partial charge in [-0.05, 0) is 41.3 Å². The Morgan fingerprint density at radius 1 is 1.19 bits per heavy atom. The van der Waals surface area contributed by atoms with Crippen molar-refractivity contribution in [3.8, 4) is 5.69 Å². The number of halogens is 3. The molecular formula is C20H16ClF2NO2. The van der Waals surface area contributed by atoms with Crippen LogP contribution in [0, 0.1) is 5.82 Å². The molecule has 0 bridgehead atoms. The van der Waals surface area contributed by atoms with Gasteiger partial charge in [0.25, 0.3) is 5.56 Å². The summed E-state index contributed by atoms with van der Waals surface area (Å²) in [6.07, 6.45) is 2.06. The number of pyridine rings is 1. The summed E-state index contributed by atoms with van der Waals surface area (Å²) in [6.45, 7) is 2.68. The second-order valence-electron chi connectivity index (χ2n) is 6.75. The molecule has 0 saturated heterocycles. The fraction of sp³-hybridized carbons (Fsp3) is 0.200. The summed E-state index contributed by atoms with van der Waals surface area (Å²) >= 11 is 5.97. The molecule has 0 unspecified atom stereocenters. The molecule has 0 spiro atoms. The average molecular weight is 376 g/mol. The lowest BCUT2D eigenvalue weighted by molar-refractivity contribution is 0.112. The van der Waals surface area contributed by atoms with Gasteiger partial charge >= 0.3 is 0 Å². The van der Waals surface area contributed by atoms with Crippen LogP contribution in [-0.4, -0.2) is 17.5 Å². The van der Waals surface area contributed by atoms with E-state index < -0.39 is 23.5 Å². The number of fused-ring (bicyclic) bond motifs is 1. The van der Waals surface area contributed by atoms with Gasteiger partial charge in [0.05, 0.1) is 17.7 Å². The van der Waals surface area contributed by atoms with E-state index in [1.807, 2.05) is 0 Å². The van der Waals surface area contributed by atoms with Crippen LogP contribution in [0.4, 0.5) is 8.78 Å². The molecule has 3 aromatic rings. The highest BCUT2D eigenvalue weighted by molar-refractivity contribution is 6.30. The zero-order valence-electron chi connectivity index (χ0n) is 14.2. The second kappa shape index (κ2) is 6.65. The van der Waals surface area contributed by atoms with Crippen LogP contribution in [0.5, 0.6) is 0 Å². The Bertz CT molecular complexity index is 1070. The Balaban J connectivity index is 2.30. The maximum atomic E-state index is 14.7. The van der Waals surface area contributed by atoms with Crippen LogP contribution < -0.4 is 5.56 Å². The molecule has 26 heavy (non-hydrogen) atoms. The normalized spacial score (nSPS) is 11.7. The first kappa shape index (κ1) is 18.3. The zero-order valence-corrected chi connectivity index (χ0v) is 15.0. The molecule has 3 nitrogen and oxygen atoms in total. The largest absolute Gasteiger partial charge is 0.298 e. The molecule has 6 heteroatoms. The minimum atomic E-state index is -0.860. The summed E-state index contributed by atoms with van der Waals surface area (Å²) in [6, 6.07) is 8.86. The Kier molecular flexibility index (Phi) is 4.67. The summed E-state index contributed by atoms with van der Waals surface area (Å²) in [7, 11) is 0. The van der Waals surface area contributed by atoms with Gasteiger partial charge in [-0.1, -0.05) is 31.5 Å². The van der Waals surface area contributed by atoms with Crippen LogP contribution in [0.1, 0.15) is 29.8 Å². The standard InChI is InChI=1S/C20H16ClF2NO2/c1-20(2,11-22)14-7-12-5-6-24(19(26)18(12)16(23)8-14)17-9-15(21)4-3-13(17)10-25/h3-10H,11H2,1-2H3. The summed E-state index contributed by atoms with van der Waals surface area (Å²) in [4.78, 5) is 24.1. The second-order valence-corrected chi connectivity index (χ2v) is 7.19. The molecule has 1 heterocycles. The van der Waals surface area contributed by atoms with E-state index in [0.717, 1.165) is 0 Å². The number of hydrogen-bond acceptors (Lipinski definition) is 2. The molecule has 0 aliphatic carbocycles. The van der Waals surface area contributed by atoms with Crippen molar-refractivity contribution in [2.45, 2.75) is 19.3 Å². The highest BCUT2D eigenvalue weighted by Gasteiger charge is 2.23. The number of aldehydes is 1. The minimum absolute atomic E-state index is 0.122. The lowest BCUT2D eigenvalue weighted by Crippen LogP contribution is -2.22. The van der Waals surface area contributed by atoms with Gasteiger partial charge < -0.3 is 0 Å². The lowest BCUT2D eigenvalue weighted by atomic mass is 9.85. The molecule has 0 radical (unpaired) electrons. The highest BCUT2D eigenvalue weighted by Crippen LogP contribution is 2.28. The predicted molar refractivity (Wildman–Crippen MR) is 98.9 cm³/mol. The van der Waals surface area contributed by atoms with Gasteiger partial charge in [-0.2, -0.15) is 0 Å². The molecular weight excluding hydrogens is 360 g/mol. The van der Waals surface area contributed by atoms with Crippen LogP contribution in [0.2, 0.25) is 5.02 Å². The van der Waals surface area contributed by atoms with Crippen LogP contribution in [0.15, 0.2) is 47.4 Å². The maximum absolute atomic E-state index is 14.7. The smallest absolute Gasteiger partial charge is 0.265 e. The zero-order chi connectivity index (χ0) is 19.1. The quantitative estimate of drug-likeness (QED) is 0.612. The third kappa shape index (κ3) is 3.03. The number of carbonyl (C=O) groups is 1. The molecule has 0 amide bonds. The molecule has 2 aromatic carbocycles. The van der Waals surface area contributed by atoms with Gasteiger partial charge in [-0.15, -0.1) is 0 Å². The Labute approximate surface area is 153 Å². The molecule has 0 saturated carbocycles. The first-order chi connectivity index (χ1) is 12.3. The fourth-order valence-corrected chi connectivity index (χ4v) is 2.98. The molecule has 0 aliphatic heterocycles. The monoisotopic (exact) mass is 375 g/mol. The van der Waals surface area contributed by atoms with Crippen molar-refractivity contribution in [1.29, 1.82) is 0 Å². The summed E-state index contributed by atoms with van der Waals surface area (Å²) in [5.74, 6) is -0.729. The third-order valence-electron chi connectivity index (χ3n) is 4.45. The van der Waals surface area contributed by atoms with Crippen LogP contribution in [0.25, 0.3) is 16.5 Å². The lowest BCUT2D eigenvalue weighted by Gasteiger charge is -2.22. The predicted octanol–water partition coefficient (Wildman–Crippen LogP) is 4.84. The molecule has 0 aliphatic rings. The van der Waals surface area contributed by atoms with Gasteiger partial charge in [0.2, 0.25) is 0 Å². The van der Waals surface area contributed by atoms with Gasteiger partial charge in [0, 0.05) is 22.2 Å². The van der Waals surface area contributed by atoms with E-state index in [0.29, 0.717) is 22.3 Å². The number of alkyl halides is 1. The van der Waals surface area contributed by atoms with Crippen molar-refractivity contribution in [2.24, 2.45) is 0 Å². The van der Waals surface area contributed by atoms with Crippen LogP contribution >= 0.6 is 11.6 Å². The topological polar surface area (TPSA) is 39.1 Å². The molecule has 3 rings (SSSR count). The Morgan fingerprint density at radius 3 is 2.58 bits per heavy atom. The minimum Gasteiger partial charge on any atom is -0.298 e. The van der Waals surface area contributed by atoms with E-state index in [1.165, 1.54) is 35.0 Å². The number of hydrogen-bond donors (Lipinski definition) is 0. The van der Waals surface area contributed by atoms with E-state index in [2.05, 4.69) is 0 Å². The molecule has 0 N–H and O–H groups in total. The van der Waals surface area contributed by atoms with Crippen molar-refractivity contribution < 1.29 is 13.6 Å². The molecule has 134 valence electrons. The van der Waals surface area contributed by atoms with Crippen molar-refractivity contribution in [2.75, 3.05) is 6.67 Å². The van der Waals surface area contributed by atoms with Crippen molar-refractivity contribution >= 4 is 28.7 Å². The van der Waals surface area contributed by atoms with Gasteiger partial charge in [-0.25, -0.2) is 4.39 Å². The maximum Gasteiger partial charge on any atom is 0.265 e. The van der Waals surface area contributed by atoms with Crippen molar-refractivity contribution in [3.63, 3.8) is 0 Å². The number of rotatable bonds is 4. The Hall–Kier alpha value is -2.53. The van der Waals surface area contributed by atoms with Gasteiger partial charge in [-0.3, -0.25) is 18.5 Å². The average Bonchev–Trinajstić information content (AvgIpc) is 2.61. The van der Waals surface area contributed by atoms with Crippen molar-refractivity contribution in [1.82, 2.24) is 4.57 Å². The van der Waals surface area contributed by atoms with E-state index >= 15 is 0 Å². The van der Waals surface area contributed by atoms with Crippen LogP contribution in [-0.2, 0) is 5.41 Å². The number of aromatic nitrogens is 1. The summed E-state index contributed by atoms with van der Waals surface area (Å²) < 4.78 is 29.1. The van der Waals surface area contributed by atoms with E-state index in [4.69, 9.17) is 11.6 Å². The fourth-order valence-electron chi connectivity index (χ4n) is 2.81. The first-order valence-corrected chi connectivity index (χ1v) is 8.33. The van der Waals surface area contributed by atoms with E-state index in [9.17, 15) is 18.4 Å². The SMILES string of the molecule is CC(C)(CF)c1cc(F)c2c(=O)n(-c3cc(Cl)ccc3C=O)ccc2c1. The molecule has 0 fully saturated rings. The summed E-state index contributed by atoms with van der Waals surface area (Å²) in [5, 5.41) is 0.596. The third-order valence-corrected chi connectivity index (χ3v) is 4.69. The van der Waals surface area contributed by atoms with Gasteiger partial charge in [0.15, 0.2) is 6.29 Å². The molecule has 1 aromatic heterocycles. The number of carbonyl (C=O) groups excluding carboxylic acids is 1. The van der Waals surface area contributed by atoms with Crippen molar-refractivity contribution in [3.05, 3.63) is 74.9 Å². The summed E-state index contributed by atoms with van der Waals surface area (Å²) in [5.41, 5.74) is -0.478. The number of benzene rings is 2.